The Morgan fingerprint density at radius 1 is 1.34 bits per heavy atom. The fraction of sp³-hybridized carbons (Fsp3) is 0.696. The number of anilines is 1. The Labute approximate surface area is 221 Å². The number of nitrogens with two attached hydrogens (primary N) is 1. The molecule has 2 aromatic heterocycles. The van der Waals surface area contributed by atoms with Crippen LogP contribution in [-0.4, -0.2) is 73.7 Å². The molecule has 1 aliphatic rings. The van der Waals surface area contributed by atoms with Gasteiger partial charge in [-0.1, -0.05) is 13.8 Å². The van der Waals surface area contributed by atoms with E-state index in [1.54, 1.807) is 13.8 Å². The summed E-state index contributed by atoms with van der Waals surface area (Å²) < 4.78 is 36.7. The molecule has 2 aromatic rings. The monoisotopic (exact) mass is 554 g/mol. The summed E-state index contributed by atoms with van der Waals surface area (Å²) >= 11 is 0. The second-order valence-corrected chi connectivity index (χ2v) is 11.3. The smallest absolute Gasteiger partial charge is 0.280 e. The maximum Gasteiger partial charge on any atom is 0.280 e. The summed E-state index contributed by atoms with van der Waals surface area (Å²) in [6, 6.07) is 1.19. The molecular formula is C23H36FN8O5P. The number of halogens is 1. The SMILES string of the molecule is CC(C)C(=O)Nc1nc2c(ncn2[C@@H]2O[C@H](COP(OCCC#N)N(C(C)C)C(C)C)[C@@H](N)[C@H]2F)c(=O)[nH]1. The number of rotatable bonds is 12. The first kappa shape index (κ1) is 30.0. The number of aromatic amines is 1. The number of hydrogen-bond acceptors (Lipinski definition) is 10. The highest BCUT2D eigenvalue weighted by atomic mass is 31.2. The molecule has 0 spiro atoms. The van der Waals surface area contributed by atoms with Crippen LogP contribution in [0.3, 0.4) is 0 Å². The molecule has 13 nitrogen and oxygen atoms in total. The van der Waals surface area contributed by atoms with E-state index in [-0.39, 0.29) is 60.7 Å². The van der Waals surface area contributed by atoms with Crippen molar-refractivity contribution in [2.45, 2.75) is 84.6 Å². The number of alkyl halides is 1. The largest absolute Gasteiger partial charge is 0.347 e. The Balaban J connectivity index is 1.80. The van der Waals surface area contributed by atoms with Crippen LogP contribution < -0.4 is 16.6 Å². The van der Waals surface area contributed by atoms with Gasteiger partial charge in [0.15, 0.2) is 23.6 Å². The Kier molecular flexibility index (Phi) is 10.3. The van der Waals surface area contributed by atoms with Crippen LogP contribution in [0, 0.1) is 17.2 Å². The van der Waals surface area contributed by atoms with Crippen LogP contribution in [0.1, 0.15) is 54.2 Å². The summed E-state index contributed by atoms with van der Waals surface area (Å²) in [4.78, 5) is 35.4. The van der Waals surface area contributed by atoms with E-state index < -0.39 is 38.6 Å². The van der Waals surface area contributed by atoms with Crippen LogP contribution in [0.25, 0.3) is 11.2 Å². The zero-order valence-electron chi connectivity index (χ0n) is 22.4. The molecule has 1 fully saturated rings. The van der Waals surface area contributed by atoms with E-state index >= 15 is 4.39 Å². The first-order chi connectivity index (χ1) is 18.0. The summed E-state index contributed by atoms with van der Waals surface area (Å²) in [5.41, 5.74) is 5.60. The predicted molar refractivity (Wildman–Crippen MR) is 140 cm³/mol. The summed E-state index contributed by atoms with van der Waals surface area (Å²) in [5, 5.41) is 11.4. The number of nitriles is 1. The quantitative estimate of drug-likeness (QED) is 0.261. The van der Waals surface area contributed by atoms with Gasteiger partial charge in [0, 0.05) is 18.0 Å². The van der Waals surface area contributed by atoms with E-state index in [1.165, 1.54) is 10.9 Å². The van der Waals surface area contributed by atoms with Crippen molar-refractivity contribution < 1.29 is 23.0 Å². The van der Waals surface area contributed by atoms with E-state index in [1.807, 2.05) is 38.4 Å². The average Bonchev–Trinajstić information content (AvgIpc) is 3.38. The molecule has 0 bridgehead atoms. The number of amides is 1. The van der Waals surface area contributed by atoms with Crippen molar-refractivity contribution in [2.75, 3.05) is 18.5 Å². The lowest BCUT2D eigenvalue weighted by Crippen LogP contribution is -2.40. The van der Waals surface area contributed by atoms with Crippen molar-refractivity contribution in [3.8, 4) is 6.07 Å². The number of fused-ring (bicyclic) bond motifs is 1. The number of hydrogen-bond donors (Lipinski definition) is 3. The maximum absolute atomic E-state index is 15.4. The van der Waals surface area contributed by atoms with Crippen molar-refractivity contribution in [3.05, 3.63) is 16.7 Å². The molecular weight excluding hydrogens is 518 g/mol. The predicted octanol–water partition coefficient (Wildman–Crippen LogP) is 2.57. The van der Waals surface area contributed by atoms with Crippen LogP contribution in [0.15, 0.2) is 11.1 Å². The molecule has 0 aromatic carbocycles. The fourth-order valence-electron chi connectivity index (χ4n) is 3.99. The molecule has 3 rings (SSSR count). The fourth-order valence-corrected chi connectivity index (χ4v) is 5.61. The molecule has 4 N–H and O–H groups in total. The molecule has 38 heavy (non-hydrogen) atoms. The average molecular weight is 555 g/mol. The highest BCUT2D eigenvalue weighted by molar-refractivity contribution is 7.44. The highest BCUT2D eigenvalue weighted by Gasteiger charge is 2.45. The third-order valence-corrected chi connectivity index (χ3v) is 7.94. The number of carbonyl (C=O) groups is 1. The molecule has 1 aliphatic heterocycles. The molecule has 0 radical (unpaired) electrons. The molecule has 0 saturated carbocycles. The minimum absolute atomic E-state index is 0.0319. The number of carbonyl (C=O) groups excluding carboxylic acids is 1. The lowest BCUT2D eigenvalue weighted by molar-refractivity contribution is -0.118. The van der Waals surface area contributed by atoms with Crippen LogP contribution in [0.5, 0.6) is 0 Å². The van der Waals surface area contributed by atoms with Gasteiger partial charge >= 0.3 is 0 Å². The van der Waals surface area contributed by atoms with Crippen molar-refractivity contribution in [1.82, 2.24) is 24.2 Å². The summed E-state index contributed by atoms with van der Waals surface area (Å²) in [5.74, 6) is -0.767. The first-order valence-electron chi connectivity index (χ1n) is 12.5. The Morgan fingerprint density at radius 3 is 2.63 bits per heavy atom. The van der Waals surface area contributed by atoms with E-state index in [9.17, 15) is 9.59 Å². The van der Waals surface area contributed by atoms with E-state index in [2.05, 4.69) is 20.3 Å². The summed E-state index contributed by atoms with van der Waals surface area (Å²) in [6.45, 7) is 11.6. The van der Waals surface area contributed by atoms with Gasteiger partial charge in [0.2, 0.25) is 11.9 Å². The van der Waals surface area contributed by atoms with Crippen molar-refractivity contribution in [1.29, 1.82) is 5.26 Å². The number of aromatic nitrogens is 4. The van der Waals surface area contributed by atoms with Crippen LogP contribution in [0.4, 0.5) is 10.3 Å². The Hall–Kier alpha value is -2.53. The molecule has 0 aliphatic carbocycles. The minimum Gasteiger partial charge on any atom is -0.347 e. The van der Waals surface area contributed by atoms with Gasteiger partial charge in [-0.15, -0.1) is 0 Å². The van der Waals surface area contributed by atoms with Crippen molar-refractivity contribution >= 4 is 31.5 Å². The lowest BCUT2D eigenvalue weighted by Gasteiger charge is -2.36. The van der Waals surface area contributed by atoms with Gasteiger partial charge in [-0.05, 0) is 27.7 Å². The third-order valence-electron chi connectivity index (χ3n) is 5.87. The van der Waals surface area contributed by atoms with Gasteiger partial charge in [0.05, 0.1) is 38.1 Å². The second kappa shape index (κ2) is 13.0. The number of ether oxygens (including phenoxy) is 1. The minimum atomic E-state index is -1.66. The third kappa shape index (κ3) is 6.72. The topological polar surface area (TPSA) is 173 Å². The van der Waals surface area contributed by atoms with Gasteiger partial charge in [-0.2, -0.15) is 10.2 Å². The van der Waals surface area contributed by atoms with Crippen molar-refractivity contribution in [2.24, 2.45) is 11.7 Å². The van der Waals surface area contributed by atoms with Crippen LogP contribution >= 0.6 is 8.53 Å². The number of nitrogens with zero attached hydrogens (tertiary/aromatic N) is 5. The molecule has 15 heteroatoms. The standard InChI is InChI=1S/C23H36FN8O5P/c1-12(2)20(33)29-23-28-19-18(21(34)30-23)27-11-31(19)22-16(24)17(26)15(37-22)10-36-38(35-9-7-8-25)32(13(3)4)14(5)6/h11-17,22H,7,9-10,26H2,1-6H3,(H2,28,29,30,33,34)/t15-,16-,17-,22-,38?/m1/s1. The number of imidazole rings is 1. The lowest BCUT2D eigenvalue weighted by atomic mass is 10.1. The number of H-pyrrole nitrogens is 1. The molecule has 210 valence electrons. The maximum atomic E-state index is 15.4. The van der Waals surface area contributed by atoms with Crippen LogP contribution in [-0.2, 0) is 18.6 Å². The zero-order chi connectivity index (χ0) is 28.1. The van der Waals surface area contributed by atoms with Gasteiger partial charge in [0.25, 0.3) is 14.1 Å². The zero-order valence-corrected chi connectivity index (χ0v) is 23.3. The molecule has 1 amide bonds. The first-order valence-corrected chi connectivity index (χ1v) is 13.6. The second-order valence-electron chi connectivity index (χ2n) is 9.81. The Bertz CT molecular complexity index is 1190. The van der Waals surface area contributed by atoms with Crippen molar-refractivity contribution in [3.63, 3.8) is 0 Å². The Morgan fingerprint density at radius 2 is 2.03 bits per heavy atom. The molecule has 3 heterocycles. The van der Waals surface area contributed by atoms with E-state index in [0.717, 1.165) is 0 Å². The summed E-state index contributed by atoms with van der Waals surface area (Å²) in [6.07, 6.45) is -2.25. The van der Waals surface area contributed by atoms with Gasteiger partial charge in [-0.25, -0.2) is 14.0 Å². The van der Waals surface area contributed by atoms with Gasteiger partial charge < -0.3 is 19.5 Å². The normalized spacial score (nSPS) is 22.6. The molecule has 5 atom stereocenters. The summed E-state index contributed by atoms with van der Waals surface area (Å²) in [7, 11) is -1.57. The van der Waals surface area contributed by atoms with Crippen LogP contribution in [0.2, 0.25) is 0 Å². The van der Waals surface area contributed by atoms with E-state index in [4.69, 9.17) is 24.8 Å². The highest BCUT2D eigenvalue weighted by Crippen LogP contribution is 2.47. The number of nitrogens with one attached hydrogen (secondary N) is 2. The van der Waals surface area contributed by atoms with Gasteiger partial charge in [0.1, 0.15) is 6.10 Å². The van der Waals surface area contributed by atoms with E-state index in [0.29, 0.717) is 0 Å². The van der Waals surface area contributed by atoms with Gasteiger partial charge in [-0.3, -0.25) is 24.5 Å². The molecule has 1 unspecified atom stereocenters. The molecule has 1 saturated heterocycles.